The Hall–Kier alpha value is -1.50. The number of benzene rings is 1. The van der Waals surface area contributed by atoms with Gasteiger partial charge in [-0.15, -0.1) is 0 Å². The van der Waals surface area contributed by atoms with Gasteiger partial charge in [-0.05, 0) is 24.3 Å². The van der Waals surface area contributed by atoms with Gasteiger partial charge in [0.25, 0.3) is 5.91 Å². The molecule has 2 atom stereocenters. The van der Waals surface area contributed by atoms with Crippen molar-refractivity contribution in [3.63, 3.8) is 0 Å². The molecule has 0 radical (unpaired) electrons. The van der Waals surface area contributed by atoms with Gasteiger partial charge in [-0.1, -0.05) is 0 Å². The van der Waals surface area contributed by atoms with Gasteiger partial charge in [0.1, 0.15) is 5.82 Å². The first-order chi connectivity index (χ1) is 11.7. The van der Waals surface area contributed by atoms with E-state index in [0.717, 1.165) is 46.0 Å². The Labute approximate surface area is 141 Å². The molecular formula is C18H23FN2O3. The number of hydrogen-bond acceptors (Lipinski definition) is 4. The Morgan fingerprint density at radius 2 is 1.96 bits per heavy atom. The largest absolute Gasteiger partial charge is 0.380 e. The van der Waals surface area contributed by atoms with E-state index >= 15 is 0 Å². The number of hydrogen-bond donors (Lipinski definition) is 0. The average Bonchev–Trinajstić information content (AvgIpc) is 3.12. The number of likely N-dealkylation sites (tertiary alicyclic amines) is 1. The highest BCUT2D eigenvalue weighted by Gasteiger charge is 2.52. The van der Waals surface area contributed by atoms with Crippen LogP contribution < -0.4 is 0 Å². The molecule has 0 spiro atoms. The van der Waals surface area contributed by atoms with Crippen molar-refractivity contribution >= 4 is 5.91 Å². The number of fused-ring (bicyclic) bond motifs is 1. The van der Waals surface area contributed by atoms with Crippen molar-refractivity contribution in [1.29, 1.82) is 0 Å². The summed E-state index contributed by atoms with van der Waals surface area (Å²) >= 11 is 0. The summed E-state index contributed by atoms with van der Waals surface area (Å²) in [5, 5.41) is 0. The van der Waals surface area contributed by atoms with E-state index in [0.29, 0.717) is 24.6 Å². The molecule has 3 heterocycles. The molecular weight excluding hydrogens is 311 g/mol. The van der Waals surface area contributed by atoms with Crippen molar-refractivity contribution in [2.75, 3.05) is 59.2 Å². The van der Waals surface area contributed by atoms with Gasteiger partial charge >= 0.3 is 0 Å². The van der Waals surface area contributed by atoms with Crippen LogP contribution in [0.4, 0.5) is 4.39 Å². The van der Waals surface area contributed by atoms with Crippen LogP contribution in [0.5, 0.6) is 0 Å². The molecule has 0 aromatic heterocycles. The molecule has 1 aromatic carbocycles. The molecule has 3 aliphatic heterocycles. The highest BCUT2D eigenvalue weighted by molar-refractivity contribution is 5.94. The Morgan fingerprint density at radius 1 is 1.21 bits per heavy atom. The van der Waals surface area contributed by atoms with Gasteiger partial charge in [0.05, 0.1) is 26.4 Å². The number of carbonyl (C=O) groups is 1. The SMILES string of the molecule is O=C(c1ccc(F)cc1)N1C[C@H]2COC[C@@]2(CN2CCOCC2)C1. The summed E-state index contributed by atoms with van der Waals surface area (Å²) in [6, 6.07) is 5.82. The van der Waals surface area contributed by atoms with Crippen molar-refractivity contribution in [3.8, 4) is 0 Å². The van der Waals surface area contributed by atoms with Crippen LogP contribution in [0.1, 0.15) is 10.4 Å². The van der Waals surface area contributed by atoms with Crippen LogP contribution in [-0.2, 0) is 9.47 Å². The van der Waals surface area contributed by atoms with Gasteiger partial charge < -0.3 is 14.4 Å². The number of morpholine rings is 1. The maximum atomic E-state index is 13.1. The smallest absolute Gasteiger partial charge is 0.253 e. The molecule has 0 saturated carbocycles. The van der Waals surface area contributed by atoms with Gasteiger partial charge in [-0.2, -0.15) is 0 Å². The Balaban J connectivity index is 1.48. The minimum atomic E-state index is -0.318. The van der Waals surface area contributed by atoms with E-state index in [9.17, 15) is 9.18 Å². The zero-order valence-electron chi connectivity index (χ0n) is 13.7. The first-order valence-corrected chi connectivity index (χ1v) is 8.59. The molecule has 3 fully saturated rings. The molecule has 6 heteroatoms. The predicted octanol–water partition coefficient (Wildman–Crippen LogP) is 1.25. The zero-order chi connectivity index (χ0) is 16.6. The minimum absolute atomic E-state index is 0.00856. The van der Waals surface area contributed by atoms with Crippen molar-refractivity contribution < 1.29 is 18.7 Å². The van der Waals surface area contributed by atoms with Crippen molar-refractivity contribution in [2.24, 2.45) is 11.3 Å². The predicted molar refractivity (Wildman–Crippen MR) is 86.3 cm³/mol. The van der Waals surface area contributed by atoms with Crippen molar-refractivity contribution in [2.45, 2.75) is 0 Å². The highest BCUT2D eigenvalue weighted by Crippen LogP contribution is 2.42. The summed E-state index contributed by atoms with van der Waals surface area (Å²) in [5.74, 6) is 0.0533. The van der Waals surface area contributed by atoms with E-state index in [-0.39, 0.29) is 17.1 Å². The third kappa shape index (κ3) is 2.94. The Bertz CT molecular complexity index is 603. The molecule has 0 unspecified atom stereocenters. The second-order valence-electron chi connectivity index (χ2n) is 7.16. The van der Waals surface area contributed by atoms with E-state index in [4.69, 9.17) is 9.47 Å². The van der Waals surface area contributed by atoms with Gasteiger partial charge in [-0.3, -0.25) is 9.69 Å². The van der Waals surface area contributed by atoms with Crippen LogP contribution in [0.15, 0.2) is 24.3 Å². The maximum Gasteiger partial charge on any atom is 0.253 e. The summed E-state index contributed by atoms with van der Waals surface area (Å²) in [6.45, 7) is 7.26. The van der Waals surface area contributed by atoms with E-state index in [1.54, 1.807) is 12.1 Å². The number of rotatable bonds is 3. The van der Waals surface area contributed by atoms with Crippen LogP contribution in [0.2, 0.25) is 0 Å². The summed E-state index contributed by atoms with van der Waals surface area (Å²) in [4.78, 5) is 17.1. The molecule has 1 aromatic rings. The number of carbonyl (C=O) groups excluding carboxylic acids is 1. The summed E-state index contributed by atoms with van der Waals surface area (Å²) in [7, 11) is 0. The molecule has 0 bridgehead atoms. The van der Waals surface area contributed by atoms with Crippen LogP contribution in [0, 0.1) is 17.2 Å². The lowest BCUT2D eigenvalue weighted by molar-refractivity contribution is 0.0104. The first-order valence-electron chi connectivity index (χ1n) is 8.59. The molecule has 130 valence electrons. The standard InChI is InChI=1S/C18H23FN2O3/c19-16-3-1-14(2-4-16)17(22)21-9-15-10-24-13-18(15,12-21)11-20-5-7-23-8-6-20/h1-4,15H,5-13H2/t15-,18+/m0/s1. The topological polar surface area (TPSA) is 42.0 Å². The fourth-order valence-corrected chi connectivity index (χ4v) is 4.19. The molecule has 5 nitrogen and oxygen atoms in total. The molecule has 24 heavy (non-hydrogen) atoms. The minimum Gasteiger partial charge on any atom is -0.380 e. The van der Waals surface area contributed by atoms with E-state index in [2.05, 4.69) is 4.90 Å². The van der Waals surface area contributed by atoms with E-state index in [1.165, 1.54) is 12.1 Å². The second kappa shape index (κ2) is 6.43. The lowest BCUT2D eigenvalue weighted by atomic mass is 9.80. The number of ether oxygens (including phenoxy) is 2. The second-order valence-corrected chi connectivity index (χ2v) is 7.16. The quantitative estimate of drug-likeness (QED) is 0.834. The molecule has 4 rings (SSSR count). The van der Waals surface area contributed by atoms with Crippen LogP contribution in [0.25, 0.3) is 0 Å². The normalized spacial score (nSPS) is 30.5. The third-order valence-corrected chi connectivity index (χ3v) is 5.54. The summed E-state index contributed by atoms with van der Waals surface area (Å²) in [5.41, 5.74) is 0.575. The van der Waals surface area contributed by atoms with Crippen LogP contribution >= 0.6 is 0 Å². The highest BCUT2D eigenvalue weighted by atomic mass is 19.1. The van der Waals surface area contributed by atoms with Gasteiger partial charge in [0, 0.05) is 49.6 Å². The fourth-order valence-electron chi connectivity index (χ4n) is 4.19. The fraction of sp³-hybridized carbons (Fsp3) is 0.611. The molecule has 3 aliphatic rings. The molecule has 0 aliphatic carbocycles. The van der Waals surface area contributed by atoms with Gasteiger partial charge in [0.2, 0.25) is 0 Å². The average molecular weight is 334 g/mol. The van der Waals surface area contributed by atoms with Crippen molar-refractivity contribution in [1.82, 2.24) is 9.80 Å². The molecule has 3 saturated heterocycles. The Kier molecular flexibility index (Phi) is 4.28. The Morgan fingerprint density at radius 3 is 2.71 bits per heavy atom. The van der Waals surface area contributed by atoms with Crippen molar-refractivity contribution in [3.05, 3.63) is 35.6 Å². The number of halogens is 1. The molecule has 1 amide bonds. The first kappa shape index (κ1) is 16.0. The maximum absolute atomic E-state index is 13.1. The molecule has 0 N–H and O–H groups in total. The van der Waals surface area contributed by atoms with Gasteiger partial charge in [0.15, 0.2) is 0 Å². The lowest BCUT2D eigenvalue weighted by Gasteiger charge is -2.36. The monoisotopic (exact) mass is 334 g/mol. The van der Waals surface area contributed by atoms with Crippen LogP contribution in [0.3, 0.4) is 0 Å². The van der Waals surface area contributed by atoms with E-state index in [1.807, 2.05) is 4.90 Å². The van der Waals surface area contributed by atoms with Gasteiger partial charge in [-0.25, -0.2) is 4.39 Å². The zero-order valence-corrected chi connectivity index (χ0v) is 13.7. The summed E-state index contributed by atoms with van der Waals surface area (Å²) < 4.78 is 24.3. The number of nitrogens with zero attached hydrogens (tertiary/aromatic N) is 2. The summed E-state index contributed by atoms with van der Waals surface area (Å²) in [6.07, 6.45) is 0. The van der Waals surface area contributed by atoms with E-state index < -0.39 is 0 Å². The number of amides is 1. The van der Waals surface area contributed by atoms with Crippen LogP contribution in [-0.4, -0.2) is 74.9 Å². The lowest BCUT2D eigenvalue weighted by Crippen LogP contribution is -2.47. The third-order valence-electron chi connectivity index (χ3n) is 5.54.